The molecule has 1 heterocycles. The summed E-state index contributed by atoms with van der Waals surface area (Å²) in [7, 11) is 0. The minimum absolute atomic E-state index is 0.0400. The molecule has 0 saturated carbocycles. The molecule has 1 aromatic heterocycles. The summed E-state index contributed by atoms with van der Waals surface area (Å²) in [6, 6.07) is 24.8. The number of rotatable bonds is 12. The average molecular weight is 612 g/mol. The Morgan fingerprint density at radius 3 is 1.93 bits per heavy atom. The second-order valence-electron chi connectivity index (χ2n) is 11.3. The van der Waals surface area contributed by atoms with E-state index in [2.05, 4.69) is 25.9 Å². The van der Waals surface area contributed by atoms with Crippen LogP contribution in [-0.2, 0) is 40.4 Å². The standard InChI is InChI=1S/C34H37N5O6/c1-34(2,3)45-33(43)36-20-25-16-14-24(15-17-25)19-35-30(40)28-29(38-22-37-28)31(41)39-27(18-23-10-6-4-7-11-23)32(42)44-21-26-12-8-5-9-13-26/h4-17,22,27H,18-21H2,1-3H3,(H,35,40)(H,36,43)(H,37,38)(H,39,41)/t27-/m0/s1. The highest BCUT2D eigenvalue weighted by Crippen LogP contribution is 2.11. The fraction of sp³-hybridized carbons (Fsp3) is 0.265. The molecule has 45 heavy (non-hydrogen) atoms. The molecule has 234 valence electrons. The van der Waals surface area contributed by atoms with Gasteiger partial charge in [-0.15, -0.1) is 0 Å². The van der Waals surface area contributed by atoms with Crippen molar-refractivity contribution in [2.45, 2.75) is 58.5 Å². The van der Waals surface area contributed by atoms with Crippen LogP contribution in [-0.4, -0.2) is 45.5 Å². The molecule has 4 rings (SSSR count). The summed E-state index contributed by atoms with van der Waals surface area (Å²) >= 11 is 0. The van der Waals surface area contributed by atoms with Gasteiger partial charge in [-0.1, -0.05) is 84.9 Å². The highest BCUT2D eigenvalue weighted by molar-refractivity contribution is 6.05. The first-order chi connectivity index (χ1) is 21.6. The zero-order chi connectivity index (χ0) is 32.2. The van der Waals surface area contributed by atoms with Gasteiger partial charge in [-0.25, -0.2) is 14.6 Å². The summed E-state index contributed by atoms with van der Waals surface area (Å²) in [5.41, 5.74) is 2.53. The Bertz CT molecular complexity index is 1580. The number of imidazole rings is 1. The number of nitrogens with one attached hydrogen (secondary N) is 4. The van der Waals surface area contributed by atoms with Crippen LogP contribution in [0.3, 0.4) is 0 Å². The number of H-pyrrole nitrogens is 1. The first-order valence-corrected chi connectivity index (χ1v) is 14.5. The lowest BCUT2D eigenvalue weighted by Crippen LogP contribution is -2.44. The molecular weight excluding hydrogens is 574 g/mol. The van der Waals surface area contributed by atoms with E-state index in [1.807, 2.05) is 84.9 Å². The van der Waals surface area contributed by atoms with Crippen LogP contribution in [0.4, 0.5) is 4.79 Å². The second-order valence-corrected chi connectivity index (χ2v) is 11.3. The summed E-state index contributed by atoms with van der Waals surface area (Å²) in [5.74, 6) is -1.84. The van der Waals surface area contributed by atoms with E-state index in [0.29, 0.717) is 6.54 Å². The number of amides is 3. The van der Waals surface area contributed by atoms with E-state index in [1.54, 1.807) is 20.8 Å². The third-order valence-corrected chi connectivity index (χ3v) is 6.49. The minimum atomic E-state index is -1.01. The maximum Gasteiger partial charge on any atom is 0.407 e. The van der Waals surface area contributed by atoms with Crippen molar-refractivity contribution in [2.75, 3.05) is 0 Å². The van der Waals surface area contributed by atoms with Crippen molar-refractivity contribution in [1.29, 1.82) is 0 Å². The van der Waals surface area contributed by atoms with Gasteiger partial charge >= 0.3 is 12.1 Å². The van der Waals surface area contributed by atoms with Gasteiger partial charge in [0.2, 0.25) is 0 Å². The fourth-order valence-electron chi connectivity index (χ4n) is 4.27. The molecular formula is C34H37N5O6. The molecule has 4 N–H and O–H groups in total. The number of aromatic nitrogens is 2. The number of aromatic amines is 1. The average Bonchev–Trinajstić information content (AvgIpc) is 3.52. The second kappa shape index (κ2) is 15.3. The van der Waals surface area contributed by atoms with Crippen LogP contribution in [0.2, 0.25) is 0 Å². The van der Waals surface area contributed by atoms with Gasteiger partial charge in [0.25, 0.3) is 11.8 Å². The lowest BCUT2D eigenvalue weighted by molar-refractivity contribution is -0.147. The molecule has 0 fully saturated rings. The summed E-state index contributed by atoms with van der Waals surface area (Å²) < 4.78 is 10.8. The Balaban J connectivity index is 1.35. The van der Waals surface area contributed by atoms with E-state index in [0.717, 1.165) is 22.3 Å². The number of carbonyl (C=O) groups excluding carboxylic acids is 4. The SMILES string of the molecule is CC(C)(C)OC(=O)NCc1ccc(CNC(=O)c2[nH]cnc2C(=O)N[C@@H](Cc2ccccc2)C(=O)OCc2ccccc2)cc1. The minimum Gasteiger partial charge on any atom is -0.459 e. The molecule has 3 aromatic carbocycles. The molecule has 0 radical (unpaired) electrons. The van der Waals surface area contributed by atoms with E-state index >= 15 is 0 Å². The highest BCUT2D eigenvalue weighted by Gasteiger charge is 2.27. The van der Waals surface area contributed by atoms with E-state index in [-0.39, 0.29) is 31.0 Å². The number of benzene rings is 3. The van der Waals surface area contributed by atoms with Crippen molar-refractivity contribution >= 4 is 23.9 Å². The summed E-state index contributed by atoms with van der Waals surface area (Å²) in [5, 5.41) is 8.17. The van der Waals surface area contributed by atoms with E-state index in [4.69, 9.17) is 9.47 Å². The van der Waals surface area contributed by atoms with Crippen LogP contribution in [0.15, 0.2) is 91.3 Å². The van der Waals surface area contributed by atoms with Crippen molar-refractivity contribution in [1.82, 2.24) is 25.9 Å². The van der Waals surface area contributed by atoms with Crippen LogP contribution in [0.5, 0.6) is 0 Å². The topological polar surface area (TPSA) is 152 Å². The van der Waals surface area contributed by atoms with Gasteiger partial charge in [-0.05, 0) is 43.0 Å². The third-order valence-electron chi connectivity index (χ3n) is 6.49. The lowest BCUT2D eigenvalue weighted by atomic mass is 10.1. The van der Waals surface area contributed by atoms with Crippen molar-refractivity contribution in [3.63, 3.8) is 0 Å². The Hall–Kier alpha value is -5.45. The first-order valence-electron chi connectivity index (χ1n) is 14.5. The zero-order valence-electron chi connectivity index (χ0n) is 25.5. The van der Waals surface area contributed by atoms with Crippen LogP contribution in [0, 0.1) is 0 Å². The highest BCUT2D eigenvalue weighted by atomic mass is 16.6. The Morgan fingerprint density at radius 2 is 1.33 bits per heavy atom. The molecule has 0 unspecified atom stereocenters. The van der Waals surface area contributed by atoms with E-state index in [9.17, 15) is 19.2 Å². The van der Waals surface area contributed by atoms with Gasteiger partial charge in [-0.2, -0.15) is 0 Å². The molecule has 0 aliphatic carbocycles. The largest absolute Gasteiger partial charge is 0.459 e. The number of hydrogen-bond donors (Lipinski definition) is 4. The van der Waals surface area contributed by atoms with Gasteiger partial charge in [0.15, 0.2) is 5.69 Å². The number of alkyl carbamates (subject to hydrolysis) is 1. The predicted octanol–water partition coefficient (Wildman–Crippen LogP) is 4.45. The van der Waals surface area contributed by atoms with Crippen LogP contribution in [0.25, 0.3) is 0 Å². The third kappa shape index (κ3) is 10.3. The van der Waals surface area contributed by atoms with Gasteiger partial charge in [0.05, 0.1) is 6.33 Å². The molecule has 0 aliphatic rings. The van der Waals surface area contributed by atoms with E-state index in [1.165, 1.54) is 6.33 Å². The van der Waals surface area contributed by atoms with Gasteiger partial charge in [0.1, 0.15) is 23.9 Å². The van der Waals surface area contributed by atoms with Gasteiger partial charge < -0.3 is 30.4 Å². The number of esters is 1. The number of hydrogen-bond acceptors (Lipinski definition) is 7. The molecule has 11 heteroatoms. The zero-order valence-corrected chi connectivity index (χ0v) is 25.5. The van der Waals surface area contributed by atoms with Crippen LogP contribution < -0.4 is 16.0 Å². The molecule has 0 aliphatic heterocycles. The quantitative estimate of drug-likeness (QED) is 0.173. The summed E-state index contributed by atoms with van der Waals surface area (Å²) in [6.07, 6.45) is 0.930. The van der Waals surface area contributed by atoms with Gasteiger partial charge in [-0.3, -0.25) is 9.59 Å². The molecule has 3 amide bonds. The van der Waals surface area contributed by atoms with Crippen molar-refractivity contribution in [3.8, 4) is 0 Å². The first kappa shape index (κ1) is 32.5. The van der Waals surface area contributed by atoms with Crippen molar-refractivity contribution < 1.29 is 28.7 Å². The maximum atomic E-state index is 13.3. The summed E-state index contributed by atoms with van der Waals surface area (Å²) in [4.78, 5) is 58.0. The molecule has 11 nitrogen and oxygen atoms in total. The van der Waals surface area contributed by atoms with E-state index < -0.39 is 35.5 Å². The fourth-order valence-corrected chi connectivity index (χ4v) is 4.27. The Kier molecular flexibility index (Phi) is 11.1. The Labute approximate surface area is 261 Å². The predicted molar refractivity (Wildman–Crippen MR) is 167 cm³/mol. The number of carbonyl (C=O) groups is 4. The van der Waals surface area contributed by atoms with Crippen molar-refractivity contribution in [3.05, 3.63) is 125 Å². The van der Waals surface area contributed by atoms with Crippen LogP contribution >= 0.6 is 0 Å². The van der Waals surface area contributed by atoms with Gasteiger partial charge in [0, 0.05) is 19.5 Å². The normalized spacial score (nSPS) is 11.6. The van der Waals surface area contributed by atoms with Crippen molar-refractivity contribution in [2.24, 2.45) is 0 Å². The number of ether oxygens (including phenoxy) is 2. The monoisotopic (exact) mass is 611 g/mol. The summed E-state index contributed by atoms with van der Waals surface area (Å²) in [6.45, 7) is 5.91. The maximum absolute atomic E-state index is 13.3. The smallest absolute Gasteiger partial charge is 0.407 e. The Morgan fingerprint density at radius 1 is 0.756 bits per heavy atom. The number of nitrogens with zero attached hydrogens (tertiary/aromatic N) is 1. The molecule has 4 aromatic rings. The molecule has 0 spiro atoms. The lowest BCUT2D eigenvalue weighted by Gasteiger charge is -2.19. The molecule has 0 saturated heterocycles. The molecule has 0 bridgehead atoms. The van der Waals surface area contributed by atoms with Crippen LogP contribution in [0.1, 0.15) is 64.0 Å². The molecule has 1 atom stereocenters.